The van der Waals surface area contributed by atoms with Gasteiger partial charge in [0, 0.05) is 43.2 Å². The van der Waals surface area contributed by atoms with E-state index in [1.165, 1.54) is 0 Å². The van der Waals surface area contributed by atoms with Crippen molar-refractivity contribution in [1.29, 1.82) is 0 Å². The van der Waals surface area contributed by atoms with Crippen LogP contribution in [0.15, 0.2) is 48.8 Å². The number of rotatable bonds is 6. The monoisotopic (exact) mass is 299 g/mol. The van der Waals surface area contributed by atoms with Crippen LogP contribution in [0, 0.1) is 0 Å². The Morgan fingerprint density at radius 3 is 2.77 bits per heavy atom. The number of ether oxygens (including phenoxy) is 1. The van der Waals surface area contributed by atoms with Crippen LogP contribution in [0.4, 0.5) is 10.1 Å². The summed E-state index contributed by atoms with van der Waals surface area (Å²) in [7, 11) is 1.89. The SMILES string of the molecule is CNc1ccn2cc(-c3ccc(OCCCF)cc3)nc2c1. The van der Waals surface area contributed by atoms with E-state index >= 15 is 0 Å². The molecular formula is C17H18FN3O. The van der Waals surface area contributed by atoms with Crippen LogP contribution in [0.25, 0.3) is 16.9 Å². The molecule has 0 radical (unpaired) electrons. The van der Waals surface area contributed by atoms with E-state index in [9.17, 15) is 4.39 Å². The van der Waals surface area contributed by atoms with Crippen LogP contribution in [-0.4, -0.2) is 29.7 Å². The quantitative estimate of drug-likeness (QED) is 0.704. The number of benzene rings is 1. The minimum absolute atomic E-state index is 0.353. The average molecular weight is 299 g/mol. The van der Waals surface area contributed by atoms with Crippen LogP contribution in [0.3, 0.4) is 0 Å². The highest BCUT2D eigenvalue weighted by Crippen LogP contribution is 2.23. The maximum atomic E-state index is 12.0. The molecule has 0 fully saturated rings. The fourth-order valence-corrected chi connectivity index (χ4v) is 2.24. The molecule has 5 heteroatoms. The second-order valence-corrected chi connectivity index (χ2v) is 4.97. The Hall–Kier alpha value is -2.56. The Balaban J connectivity index is 1.81. The van der Waals surface area contributed by atoms with E-state index in [0.717, 1.165) is 28.3 Å². The molecule has 4 nitrogen and oxygen atoms in total. The Labute approximate surface area is 128 Å². The molecule has 0 aliphatic heterocycles. The zero-order valence-corrected chi connectivity index (χ0v) is 12.4. The third-order valence-electron chi connectivity index (χ3n) is 3.45. The summed E-state index contributed by atoms with van der Waals surface area (Å²) in [5.41, 5.74) is 3.85. The summed E-state index contributed by atoms with van der Waals surface area (Å²) < 4.78 is 19.5. The molecule has 1 N–H and O–H groups in total. The fourth-order valence-electron chi connectivity index (χ4n) is 2.24. The zero-order chi connectivity index (χ0) is 15.4. The standard InChI is InChI=1S/C17H18FN3O/c1-19-14-7-9-21-12-16(20-17(21)11-14)13-3-5-15(6-4-13)22-10-2-8-18/h3-7,9,11-12,19H,2,8,10H2,1H3. The van der Waals surface area contributed by atoms with Crippen LogP contribution < -0.4 is 10.1 Å². The third-order valence-corrected chi connectivity index (χ3v) is 3.45. The van der Waals surface area contributed by atoms with E-state index in [1.807, 2.05) is 60.2 Å². The highest BCUT2D eigenvalue weighted by Gasteiger charge is 2.05. The summed E-state index contributed by atoms with van der Waals surface area (Å²) in [4.78, 5) is 4.63. The normalized spacial score (nSPS) is 10.8. The summed E-state index contributed by atoms with van der Waals surface area (Å²) >= 11 is 0. The molecule has 0 amide bonds. The van der Waals surface area contributed by atoms with Crippen molar-refractivity contribution in [2.75, 3.05) is 25.6 Å². The number of hydrogen-bond donors (Lipinski definition) is 1. The molecule has 114 valence electrons. The first-order valence-electron chi connectivity index (χ1n) is 7.26. The molecular weight excluding hydrogens is 281 g/mol. The van der Waals surface area contributed by atoms with Gasteiger partial charge in [0.05, 0.1) is 19.0 Å². The maximum absolute atomic E-state index is 12.0. The van der Waals surface area contributed by atoms with E-state index in [1.54, 1.807) is 0 Å². The van der Waals surface area contributed by atoms with Gasteiger partial charge in [0.2, 0.25) is 0 Å². The highest BCUT2D eigenvalue weighted by molar-refractivity contribution is 5.65. The van der Waals surface area contributed by atoms with Crippen molar-refractivity contribution in [2.45, 2.75) is 6.42 Å². The first-order chi connectivity index (χ1) is 10.8. The molecule has 0 bridgehead atoms. The predicted molar refractivity (Wildman–Crippen MR) is 86.3 cm³/mol. The Morgan fingerprint density at radius 2 is 2.05 bits per heavy atom. The maximum Gasteiger partial charge on any atom is 0.139 e. The molecule has 2 heterocycles. The van der Waals surface area contributed by atoms with Gasteiger partial charge in [-0.1, -0.05) is 0 Å². The van der Waals surface area contributed by atoms with Gasteiger partial charge in [-0.05, 0) is 30.3 Å². The summed E-state index contributed by atoms with van der Waals surface area (Å²) in [6, 6.07) is 11.7. The predicted octanol–water partition coefficient (Wildman–Crippen LogP) is 3.78. The van der Waals surface area contributed by atoms with Gasteiger partial charge in [-0.25, -0.2) is 4.98 Å². The van der Waals surface area contributed by atoms with Crippen LogP contribution in [-0.2, 0) is 0 Å². The van der Waals surface area contributed by atoms with Gasteiger partial charge in [-0.3, -0.25) is 4.39 Å². The molecule has 3 aromatic rings. The molecule has 0 saturated carbocycles. The highest BCUT2D eigenvalue weighted by atomic mass is 19.1. The minimum atomic E-state index is -0.353. The molecule has 22 heavy (non-hydrogen) atoms. The van der Waals surface area contributed by atoms with Crippen molar-refractivity contribution in [3.05, 3.63) is 48.8 Å². The average Bonchev–Trinajstić information content (AvgIpc) is 2.98. The number of aromatic nitrogens is 2. The van der Waals surface area contributed by atoms with Gasteiger partial charge in [-0.15, -0.1) is 0 Å². The summed E-state index contributed by atoms with van der Waals surface area (Å²) in [6.45, 7) is 0.0466. The van der Waals surface area contributed by atoms with E-state index in [2.05, 4.69) is 10.3 Å². The van der Waals surface area contributed by atoms with Crippen molar-refractivity contribution in [1.82, 2.24) is 9.38 Å². The topological polar surface area (TPSA) is 38.6 Å². The number of hydrogen-bond acceptors (Lipinski definition) is 3. The second kappa shape index (κ2) is 6.47. The van der Waals surface area contributed by atoms with Gasteiger partial charge in [0.15, 0.2) is 0 Å². The van der Waals surface area contributed by atoms with Crippen LogP contribution in [0.5, 0.6) is 5.75 Å². The molecule has 0 spiro atoms. The van der Waals surface area contributed by atoms with E-state index in [4.69, 9.17) is 4.74 Å². The molecule has 0 aliphatic rings. The van der Waals surface area contributed by atoms with Crippen LogP contribution >= 0.6 is 0 Å². The van der Waals surface area contributed by atoms with E-state index in [-0.39, 0.29) is 6.67 Å². The van der Waals surface area contributed by atoms with Gasteiger partial charge in [0.25, 0.3) is 0 Å². The van der Waals surface area contributed by atoms with Gasteiger partial charge in [0.1, 0.15) is 11.4 Å². The third kappa shape index (κ3) is 3.03. The Bertz CT molecular complexity index is 752. The molecule has 0 aliphatic carbocycles. The summed E-state index contributed by atoms with van der Waals surface area (Å²) in [5, 5.41) is 3.10. The first-order valence-corrected chi connectivity index (χ1v) is 7.26. The van der Waals surface area contributed by atoms with Gasteiger partial charge in [-0.2, -0.15) is 0 Å². The largest absolute Gasteiger partial charge is 0.493 e. The number of fused-ring (bicyclic) bond motifs is 1. The number of imidazole rings is 1. The number of anilines is 1. The lowest BCUT2D eigenvalue weighted by Gasteiger charge is -2.04. The lowest BCUT2D eigenvalue weighted by Crippen LogP contribution is -1.97. The van der Waals surface area contributed by atoms with Crippen molar-refractivity contribution < 1.29 is 9.13 Å². The minimum Gasteiger partial charge on any atom is -0.493 e. The summed E-state index contributed by atoms with van der Waals surface area (Å²) in [5.74, 6) is 0.749. The first kappa shape index (κ1) is 14.4. The number of pyridine rings is 1. The van der Waals surface area contributed by atoms with Crippen molar-refractivity contribution >= 4 is 11.3 Å². The smallest absolute Gasteiger partial charge is 0.139 e. The molecule has 0 unspecified atom stereocenters. The number of nitrogens with one attached hydrogen (secondary N) is 1. The summed E-state index contributed by atoms with van der Waals surface area (Å²) in [6.07, 6.45) is 4.39. The fraction of sp³-hybridized carbons (Fsp3) is 0.235. The molecule has 0 atom stereocenters. The Kier molecular flexibility index (Phi) is 4.23. The number of nitrogens with zero attached hydrogens (tertiary/aromatic N) is 2. The molecule has 0 saturated heterocycles. The zero-order valence-electron chi connectivity index (χ0n) is 12.4. The second-order valence-electron chi connectivity index (χ2n) is 4.97. The number of halogens is 1. The molecule has 3 rings (SSSR count). The molecule has 1 aromatic carbocycles. The number of alkyl halides is 1. The van der Waals surface area contributed by atoms with Crippen LogP contribution in [0.2, 0.25) is 0 Å². The lowest BCUT2D eigenvalue weighted by molar-refractivity contribution is 0.289. The van der Waals surface area contributed by atoms with E-state index < -0.39 is 0 Å². The van der Waals surface area contributed by atoms with Gasteiger partial charge < -0.3 is 14.5 Å². The Morgan fingerprint density at radius 1 is 1.23 bits per heavy atom. The molecule has 2 aromatic heterocycles. The lowest BCUT2D eigenvalue weighted by atomic mass is 10.2. The van der Waals surface area contributed by atoms with Crippen molar-refractivity contribution in [3.63, 3.8) is 0 Å². The van der Waals surface area contributed by atoms with Crippen molar-refractivity contribution in [2.24, 2.45) is 0 Å². The van der Waals surface area contributed by atoms with Gasteiger partial charge >= 0.3 is 0 Å². The van der Waals surface area contributed by atoms with Crippen LogP contribution in [0.1, 0.15) is 6.42 Å². The van der Waals surface area contributed by atoms with Crippen molar-refractivity contribution in [3.8, 4) is 17.0 Å². The van der Waals surface area contributed by atoms with E-state index in [0.29, 0.717) is 13.0 Å².